The molecule has 0 aliphatic carbocycles. The van der Waals surface area contributed by atoms with Crippen LogP contribution in [0.3, 0.4) is 0 Å². The predicted molar refractivity (Wildman–Crippen MR) is 115 cm³/mol. The molecule has 4 rings (SSSR count). The monoisotopic (exact) mass is 392 g/mol. The average Bonchev–Trinajstić information content (AvgIpc) is 3.15. The van der Waals surface area contributed by atoms with Gasteiger partial charge in [-0.2, -0.15) is 5.10 Å². The largest absolute Gasteiger partial charge is 0.489 e. The lowest BCUT2D eigenvalue weighted by Crippen LogP contribution is -2.50. The van der Waals surface area contributed by atoms with Gasteiger partial charge >= 0.3 is 0 Å². The number of carbonyl (C=O) groups is 1. The van der Waals surface area contributed by atoms with E-state index in [9.17, 15) is 4.79 Å². The fourth-order valence-electron chi connectivity index (χ4n) is 3.25. The minimum absolute atomic E-state index is 0.262. The Morgan fingerprint density at radius 3 is 2.75 bits per heavy atom. The number of likely N-dealkylation sites (N-methyl/N-ethyl adjacent to an activating group) is 1. The first-order valence-electron chi connectivity index (χ1n) is 9.08. The number of thiocarbonyl (C=S) groups is 1. The Hall–Kier alpha value is -3.06. The summed E-state index contributed by atoms with van der Waals surface area (Å²) in [6.07, 6.45) is 1.13. The minimum atomic E-state index is -0.416. The molecule has 0 saturated heterocycles. The molecule has 2 aliphatic heterocycles. The number of ether oxygens (including phenoxy) is 1. The summed E-state index contributed by atoms with van der Waals surface area (Å²) in [6, 6.07) is 17.3. The highest BCUT2D eigenvalue weighted by atomic mass is 32.1. The van der Waals surface area contributed by atoms with E-state index < -0.39 is 6.04 Å². The number of benzene rings is 2. The van der Waals surface area contributed by atoms with E-state index in [2.05, 4.69) is 15.5 Å². The topological polar surface area (TPSA) is 66.3 Å². The first-order chi connectivity index (χ1) is 13.6. The normalized spacial score (nSPS) is 18.5. The summed E-state index contributed by atoms with van der Waals surface area (Å²) in [6.45, 7) is 0.275. The molecule has 1 N–H and O–H groups in total. The minimum Gasteiger partial charge on any atom is -0.489 e. The van der Waals surface area contributed by atoms with Crippen LogP contribution in [0.4, 0.5) is 5.69 Å². The SMILES string of the molecule is CN1C(=S)C(NC(=O)C2=NN=C(Cc3ccccc3)C2)COc2ccccc21. The summed E-state index contributed by atoms with van der Waals surface area (Å²) in [5.41, 5.74) is 3.31. The third-order valence-electron chi connectivity index (χ3n) is 4.76. The summed E-state index contributed by atoms with van der Waals surface area (Å²) in [5.74, 6) is 0.484. The van der Waals surface area contributed by atoms with Crippen LogP contribution in [0.2, 0.25) is 0 Å². The second-order valence-corrected chi connectivity index (χ2v) is 7.17. The fraction of sp³-hybridized carbons (Fsp3) is 0.238. The lowest BCUT2D eigenvalue weighted by atomic mass is 10.0. The molecule has 2 aromatic carbocycles. The molecule has 0 fully saturated rings. The van der Waals surface area contributed by atoms with Gasteiger partial charge in [0.1, 0.15) is 29.1 Å². The van der Waals surface area contributed by atoms with Crippen molar-refractivity contribution in [2.24, 2.45) is 10.2 Å². The summed E-state index contributed by atoms with van der Waals surface area (Å²) >= 11 is 5.58. The van der Waals surface area contributed by atoms with E-state index >= 15 is 0 Å². The third kappa shape index (κ3) is 3.80. The zero-order valence-corrected chi connectivity index (χ0v) is 16.3. The molecule has 1 unspecified atom stereocenters. The summed E-state index contributed by atoms with van der Waals surface area (Å²) in [4.78, 5) is 15.2. The van der Waals surface area contributed by atoms with E-state index in [1.54, 1.807) is 0 Å². The van der Waals surface area contributed by atoms with Crippen molar-refractivity contribution < 1.29 is 9.53 Å². The van der Waals surface area contributed by atoms with Gasteiger partial charge in [0.05, 0.1) is 11.4 Å². The van der Waals surface area contributed by atoms with Crippen LogP contribution in [0.1, 0.15) is 12.0 Å². The summed E-state index contributed by atoms with van der Waals surface area (Å²) in [5, 5.41) is 11.2. The first-order valence-corrected chi connectivity index (χ1v) is 9.49. The molecular formula is C21H20N4O2S. The Morgan fingerprint density at radius 2 is 1.93 bits per heavy atom. The van der Waals surface area contributed by atoms with Gasteiger partial charge < -0.3 is 15.0 Å². The molecule has 2 aromatic rings. The van der Waals surface area contributed by atoms with Crippen LogP contribution in [-0.4, -0.2) is 42.0 Å². The Labute approximate surface area is 168 Å². The maximum Gasteiger partial charge on any atom is 0.268 e. The number of anilines is 1. The third-order valence-corrected chi connectivity index (χ3v) is 5.32. The van der Waals surface area contributed by atoms with Crippen LogP contribution < -0.4 is 15.0 Å². The molecule has 0 bridgehead atoms. The van der Waals surface area contributed by atoms with Crippen LogP contribution >= 0.6 is 12.2 Å². The number of para-hydroxylation sites is 2. The molecule has 28 heavy (non-hydrogen) atoms. The number of nitrogens with one attached hydrogen (secondary N) is 1. The smallest absolute Gasteiger partial charge is 0.268 e. The van der Waals surface area contributed by atoms with Crippen molar-refractivity contribution in [1.82, 2.24) is 5.32 Å². The second-order valence-electron chi connectivity index (χ2n) is 6.75. The van der Waals surface area contributed by atoms with Crippen molar-refractivity contribution in [3.8, 4) is 5.75 Å². The van der Waals surface area contributed by atoms with Gasteiger partial charge in [-0.1, -0.05) is 54.7 Å². The molecule has 142 valence electrons. The number of nitrogens with zero attached hydrogens (tertiary/aromatic N) is 3. The Balaban J connectivity index is 1.38. The predicted octanol–water partition coefficient (Wildman–Crippen LogP) is 2.77. The van der Waals surface area contributed by atoms with Crippen molar-refractivity contribution >= 4 is 40.2 Å². The van der Waals surface area contributed by atoms with Gasteiger partial charge in [-0.05, 0) is 17.7 Å². The van der Waals surface area contributed by atoms with Crippen molar-refractivity contribution in [1.29, 1.82) is 0 Å². The van der Waals surface area contributed by atoms with Crippen molar-refractivity contribution in [2.45, 2.75) is 18.9 Å². The van der Waals surface area contributed by atoms with E-state index in [1.807, 2.05) is 66.5 Å². The molecule has 1 atom stereocenters. The van der Waals surface area contributed by atoms with E-state index in [4.69, 9.17) is 17.0 Å². The number of hydrogen-bond donors (Lipinski definition) is 1. The first kappa shape index (κ1) is 18.3. The quantitative estimate of drug-likeness (QED) is 0.813. The highest BCUT2D eigenvalue weighted by molar-refractivity contribution is 7.80. The zero-order valence-electron chi connectivity index (χ0n) is 15.5. The molecule has 2 aliphatic rings. The average molecular weight is 392 g/mol. The Morgan fingerprint density at radius 1 is 1.18 bits per heavy atom. The van der Waals surface area contributed by atoms with Gasteiger partial charge in [0.25, 0.3) is 5.91 Å². The molecular weight excluding hydrogens is 372 g/mol. The van der Waals surface area contributed by atoms with Crippen LogP contribution in [0.25, 0.3) is 0 Å². The molecule has 0 spiro atoms. The van der Waals surface area contributed by atoms with Gasteiger partial charge in [-0.15, -0.1) is 5.10 Å². The summed E-state index contributed by atoms with van der Waals surface area (Å²) in [7, 11) is 1.88. The lowest BCUT2D eigenvalue weighted by molar-refractivity contribution is -0.115. The Bertz CT molecular complexity index is 971. The standard InChI is InChI=1S/C21H20N4O2S/c1-25-18-9-5-6-10-19(18)27-13-17(21(25)28)22-20(26)16-12-15(23-24-16)11-14-7-3-2-4-8-14/h2-10,17H,11-13H2,1H3,(H,22,26). The van der Waals surface area contributed by atoms with Gasteiger partial charge in [-0.3, -0.25) is 4.79 Å². The van der Waals surface area contributed by atoms with E-state index in [1.165, 1.54) is 0 Å². The molecule has 0 radical (unpaired) electrons. The van der Waals surface area contributed by atoms with Gasteiger partial charge in [0.15, 0.2) is 0 Å². The van der Waals surface area contributed by atoms with Gasteiger partial charge in [0, 0.05) is 19.9 Å². The highest BCUT2D eigenvalue weighted by Crippen LogP contribution is 2.30. The van der Waals surface area contributed by atoms with Crippen LogP contribution in [0.5, 0.6) is 5.75 Å². The van der Waals surface area contributed by atoms with Crippen LogP contribution in [0.15, 0.2) is 64.8 Å². The molecule has 6 nitrogen and oxygen atoms in total. The molecule has 2 heterocycles. The molecule has 0 saturated carbocycles. The van der Waals surface area contributed by atoms with E-state index in [0.29, 0.717) is 23.5 Å². The van der Waals surface area contributed by atoms with Crippen molar-refractivity contribution in [2.75, 3.05) is 18.6 Å². The van der Waals surface area contributed by atoms with E-state index in [-0.39, 0.29) is 12.5 Å². The van der Waals surface area contributed by atoms with Crippen molar-refractivity contribution in [3.63, 3.8) is 0 Å². The highest BCUT2D eigenvalue weighted by Gasteiger charge is 2.29. The molecule has 7 heteroatoms. The van der Waals surface area contributed by atoms with Crippen LogP contribution in [0, 0.1) is 0 Å². The summed E-state index contributed by atoms with van der Waals surface area (Å²) < 4.78 is 5.85. The Kier molecular flexibility index (Phi) is 5.16. The van der Waals surface area contributed by atoms with Gasteiger partial charge in [-0.25, -0.2) is 0 Å². The number of rotatable bonds is 4. The second kappa shape index (κ2) is 7.90. The van der Waals surface area contributed by atoms with Gasteiger partial charge in [0.2, 0.25) is 0 Å². The molecule has 0 aromatic heterocycles. The zero-order chi connectivity index (χ0) is 19.5. The van der Waals surface area contributed by atoms with E-state index in [0.717, 1.165) is 22.7 Å². The maximum absolute atomic E-state index is 12.7. The number of carbonyl (C=O) groups excluding carboxylic acids is 1. The maximum atomic E-state index is 12.7. The molecule has 1 amide bonds. The number of amides is 1. The number of hydrogen-bond acceptors (Lipinski definition) is 5. The van der Waals surface area contributed by atoms with Crippen LogP contribution in [-0.2, 0) is 11.2 Å². The number of fused-ring (bicyclic) bond motifs is 1. The fourth-order valence-corrected chi connectivity index (χ4v) is 3.47. The lowest BCUT2D eigenvalue weighted by Gasteiger charge is -2.23. The van der Waals surface area contributed by atoms with Crippen molar-refractivity contribution in [3.05, 3.63) is 60.2 Å².